The van der Waals surface area contributed by atoms with Crippen LogP contribution in [0.1, 0.15) is 0 Å². The number of fused-ring (bicyclic) bond motifs is 3. The Hall–Kier alpha value is -2.23. The van der Waals surface area contributed by atoms with Crippen molar-refractivity contribution in [3.63, 3.8) is 0 Å². The lowest BCUT2D eigenvalue weighted by Gasteiger charge is -2.01. The van der Waals surface area contributed by atoms with Gasteiger partial charge in [-0.1, -0.05) is 0 Å². The Morgan fingerprint density at radius 1 is 1.13 bits per heavy atom. The summed E-state index contributed by atoms with van der Waals surface area (Å²) in [7, 11) is 0. The monoisotopic (exact) mass is 197 g/mol. The second-order valence-corrected chi connectivity index (χ2v) is 3.31. The van der Waals surface area contributed by atoms with Gasteiger partial charge in [0.15, 0.2) is 5.52 Å². The Morgan fingerprint density at radius 2 is 2.07 bits per heavy atom. The third kappa shape index (κ3) is 1.19. The van der Waals surface area contributed by atoms with E-state index in [0.717, 1.165) is 21.8 Å². The molecule has 0 amide bonds. The van der Waals surface area contributed by atoms with Crippen molar-refractivity contribution >= 4 is 21.8 Å². The molecule has 3 rings (SSSR count). The number of hydrogen-bond acceptors (Lipinski definition) is 3. The summed E-state index contributed by atoms with van der Waals surface area (Å²) < 4.78 is 0.699. The summed E-state index contributed by atoms with van der Waals surface area (Å²) in [4.78, 5) is 8.35. The van der Waals surface area contributed by atoms with E-state index in [4.69, 9.17) is 0 Å². The van der Waals surface area contributed by atoms with E-state index in [9.17, 15) is 5.21 Å². The molecule has 0 spiro atoms. The van der Waals surface area contributed by atoms with Crippen LogP contribution in [0.25, 0.3) is 21.8 Å². The van der Waals surface area contributed by atoms with E-state index >= 15 is 0 Å². The first-order valence-corrected chi connectivity index (χ1v) is 4.57. The first kappa shape index (κ1) is 8.11. The number of pyridine rings is 1. The number of rotatable bonds is 0. The van der Waals surface area contributed by atoms with Gasteiger partial charge < -0.3 is 5.21 Å². The predicted octanol–water partition coefficient (Wildman–Crippen LogP) is 1.42. The van der Waals surface area contributed by atoms with E-state index in [2.05, 4.69) is 9.97 Å². The maximum absolute atomic E-state index is 11.1. The summed E-state index contributed by atoms with van der Waals surface area (Å²) in [6.07, 6.45) is 4.51. The highest BCUT2D eigenvalue weighted by molar-refractivity contribution is 6.02. The van der Waals surface area contributed by atoms with Crippen LogP contribution >= 0.6 is 0 Å². The zero-order valence-corrected chi connectivity index (χ0v) is 7.79. The lowest BCUT2D eigenvalue weighted by atomic mass is 10.1. The molecule has 2 aromatic heterocycles. The molecule has 0 saturated carbocycles. The third-order valence-corrected chi connectivity index (χ3v) is 2.35. The number of benzene rings is 1. The molecule has 0 radical (unpaired) electrons. The minimum absolute atomic E-state index is 0.699. The fourth-order valence-electron chi connectivity index (χ4n) is 1.69. The van der Waals surface area contributed by atoms with Crippen LogP contribution in [0.15, 0.2) is 43.0 Å². The molecule has 0 saturated heterocycles. The highest BCUT2D eigenvalue weighted by Crippen LogP contribution is 2.20. The van der Waals surface area contributed by atoms with Gasteiger partial charge in [0.2, 0.25) is 0 Å². The first-order valence-electron chi connectivity index (χ1n) is 4.57. The summed E-state index contributed by atoms with van der Waals surface area (Å²) in [6.45, 7) is 0. The van der Waals surface area contributed by atoms with Crippen LogP contribution in [0.3, 0.4) is 0 Å². The van der Waals surface area contributed by atoms with Gasteiger partial charge in [0.1, 0.15) is 6.20 Å². The SMILES string of the molecule is [O-][n+]1cnc2c(ccc3ncccc32)c1. The highest BCUT2D eigenvalue weighted by atomic mass is 16.5. The second-order valence-electron chi connectivity index (χ2n) is 3.31. The Balaban J connectivity index is 2.55. The standard InChI is InChI=1S/C11H7N3O/c15-14-6-8-3-4-10-9(2-1-5-12-10)11(8)13-7-14/h1-7H. The van der Waals surface area contributed by atoms with Crippen molar-refractivity contribution in [3.8, 4) is 0 Å². The minimum Gasteiger partial charge on any atom is -0.711 e. The molecule has 0 N–H and O–H groups in total. The lowest BCUT2D eigenvalue weighted by molar-refractivity contribution is -0.607. The molecule has 2 heterocycles. The molecule has 0 bridgehead atoms. The highest BCUT2D eigenvalue weighted by Gasteiger charge is 2.06. The van der Waals surface area contributed by atoms with Crippen molar-refractivity contribution in [1.29, 1.82) is 0 Å². The number of aromatic nitrogens is 3. The Morgan fingerprint density at radius 3 is 3.00 bits per heavy atom. The van der Waals surface area contributed by atoms with Crippen LogP contribution in [0.4, 0.5) is 0 Å². The molecule has 0 fully saturated rings. The summed E-state index contributed by atoms with van der Waals surface area (Å²) >= 11 is 0. The molecule has 0 atom stereocenters. The fourth-order valence-corrected chi connectivity index (χ4v) is 1.69. The lowest BCUT2D eigenvalue weighted by Crippen LogP contribution is -2.24. The average molecular weight is 197 g/mol. The molecule has 4 heteroatoms. The quantitative estimate of drug-likeness (QED) is 0.311. The van der Waals surface area contributed by atoms with E-state index in [1.54, 1.807) is 6.20 Å². The summed E-state index contributed by atoms with van der Waals surface area (Å²) in [5.74, 6) is 0. The van der Waals surface area contributed by atoms with Gasteiger partial charge in [-0.15, -0.1) is 0 Å². The number of hydrogen-bond donors (Lipinski definition) is 0. The normalized spacial score (nSPS) is 10.9. The van der Waals surface area contributed by atoms with Gasteiger partial charge in [-0.25, -0.2) is 4.73 Å². The van der Waals surface area contributed by atoms with Crippen LogP contribution in [0.2, 0.25) is 0 Å². The molecule has 3 aromatic rings. The third-order valence-electron chi connectivity index (χ3n) is 2.35. The zero-order chi connectivity index (χ0) is 10.3. The van der Waals surface area contributed by atoms with E-state index in [1.807, 2.05) is 24.3 Å². The molecular weight excluding hydrogens is 190 g/mol. The van der Waals surface area contributed by atoms with E-state index in [0.29, 0.717) is 4.73 Å². The van der Waals surface area contributed by atoms with Crippen molar-refractivity contribution in [2.75, 3.05) is 0 Å². The fraction of sp³-hybridized carbons (Fsp3) is 0. The minimum atomic E-state index is 0.699. The van der Waals surface area contributed by atoms with E-state index in [1.165, 1.54) is 12.5 Å². The van der Waals surface area contributed by atoms with Gasteiger partial charge >= 0.3 is 0 Å². The molecule has 1 aromatic carbocycles. The Kier molecular flexibility index (Phi) is 1.56. The first-order chi connectivity index (χ1) is 7.34. The topological polar surface area (TPSA) is 52.7 Å². The van der Waals surface area contributed by atoms with Crippen molar-refractivity contribution in [1.82, 2.24) is 9.97 Å². The van der Waals surface area contributed by atoms with E-state index < -0.39 is 0 Å². The van der Waals surface area contributed by atoms with Crippen LogP contribution < -0.4 is 4.73 Å². The maximum Gasteiger partial charge on any atom is 0.289 e. The van der Waals surface area contributed by atoms with Gasteiger partial charge in [0, 0.05) is 6.20 Å². The van der Waals surface area contributed by atoms with Crippen molar-refractivity contribution in [3.05, 3.63) is 48.2 Å². The Labute approximate surface area is 85.4 Å². The van der Waals surface area contributed by atoms with Gasteiger partial charge in [-0.05, 0) is 29.2 Å². The van der Waals surface area contributed by atoms with Crippen LogP contribution in [-0.4, -0.2) is 9.97 Å². The molecule has 4 nitrogen and oxygen atoms in total. The van der Waals surface area contributed by atoms with Crippen molar-refractivity contribution < 1.29 is 4.73 Å². The van der Waals surface area contributed by atoms with Gasteiger partial charge in [0.05, 0.1) is 16.3 Å². The summed E-state index contributed by atoms with van der Waals surface area (Å²) in [5.41, 5.74) is 1.70. The number of nitrogens with zero attached hydrogens (tertiary/aromatic N) is 3. The average Bonchev–Trinajstić information content (AvgIpc) is 2.28. The maximum atomic E-state index is 11.1. The second kappa shape index (κ2) is 2.88. The molecule has 0 unspecified atom stereocenters. The van der Waals surface area contributed by atoms with Crippen LogP contribution in [0, 0.1) is 5.21 Å². The van der Waals surface area contributed by atoms with Crippen molar-refractivity contribution in [2.45, 2.75) is 0 Å². The molecule has 72 valence electrons. The molecular formula is C11H7N3O. The smallest absolute Gasteiger partial charge is 0.289 e. The predicted molar refractivity (Wildman–Crippen MR) is 56.0 cm³/mol. The molecule has 15 heavy (non-hydrogen) atoms. The summed E-state index contributed by atoms with van der Waals surface area (Å²) in [6, 6.07) is 7.56. The summed E-state index contributed by atoms with van der Waals surface area (Å²) in [5, 5.41) is 12.9. The zero-order valence-electron chi connectivity index (χ0n) is 7.79. The van der Waals surface area contributed by atoms with Crippen LogP contribution in [-0.2, 0) is 0 Å². The largest absolute Gasteiger partial charge is 0.711 e. The van der Waals surface area contributed by atoms with Crippen molar-refractivity contribution in [2.24, 2.45) is 0 Å². The molecule has 0 aliphatic rings. The van der Waals surface area contributed by atoms with Gasteiger partial charge in [0.25, 0.3) is 6.33 Å². The van der Waals surface area contributed by atoms with E-state index in [-0.39, 0.29) is 0 Å². The molecule has 0 aliphatic carbocycles. The molecule has 0 aliphatic heterocycles. The van der Waals surface area contributed by atoms with Gasteiger partial charge in [-0.3, -0.25) is 4.98 Å². The Bertz CT molecular complexity index is 651. The van der Waals surface area contributed by atoms with Gasteiger partial charge in [-0.2, -0.15) is 0 Å². The van der Waals surface area contributed by atoms with Crippen LogP contribution in [0.5, 0.6) is 0 Å².